The molecule has 1 nitrogen and oxygen atoms in total. The monoisotopic (exact) mass is 246 g/mol. The lowest BCUT2D eigenvalue weighted by molar-refractivity contribution is 0.103. The molecule has 0 aromatic heterocycles. The van der Waals surface area contributed by atoms with E-state index < -0.39 is 11.6 Å². The van der Waals surface area contributed by atoms with Crippen molar-refractivity contribution in [1.29, 1.82) is 0 Å². The number of carbonyl (C=O) groups is 1. The molecule has 0 saturated carbocycles. The average Bonchev–Trinajstić information content (AvgIpc) is 2.37. The van der Waals surface area contributed by atoms with Crippen LogP contribution in [0.15, 0.2) is 42.5 Å². The molecule has 0 bridgehead atoms. The maximum atomic E-state index is 13.0. The van der Waals surface area contributed by atoms with Crippen LogP contribution in [-0.4, -0.2) is 5.78 Å². The molecule has 0 fully saturated rings. The molecule has 0 radical (unpaired) electrons. The van der Waals surface area contributed by atoms with Gasteiger partial charge >= 0.3 is 0 Å². The van der Waals surface area contributed by atoms with Gasteiger partial charge in [0, 0.05) is 17.2 Å². The van der Waals surface area contributed by atoms with E-state index in [1.54, 1.807) is 12.1 Å². The summed E-state index contributed by atoms with van der Waals surface area (Å²) in [4.78, 5) is 12.0. The molecule has 92 valence electrons. The summed E-state index contributed by atoms with van der Waals surface area (Å²) >= 11 is 0. The van der Waals surface area contributed by atoms with Crippen molar-refractivity contribution in [3.05, 3.63) is 70.8 Å². The average molecular weight is 246 g/mol. The summed E-state index contributed by atoms with van der Waals surface area (Å²) in [5.74, 6) is -1.87. The first-order chi connectivity index (χ1) is 8.60. The van der Waals surface area contributed by atoms with Crippen LogP contribution >= 0.6 is 0 Å². The van der Waals surface area contributed by atoms with E-state index in [1.807, 2.05) is 19.1 Å². The first-order valence-electron chi connectivity index (χ1n) is 5.70. The number of aryl methyl sites for hydroxylation is 1. The molecule has 0 aliphatic heterocycles. The molecule has 0 atom stereocenters. The molecule has 2 aromatic rings. The summed E-state index contributed by atoms with van der Waals surface area (Å²) in [6.45, 7) is 2.01. The van der Waals surface area contributed by atoms with Crippen LogP contribution in [0, 0.1) is 11.6 Å². The first kappa shape index (κ1) is 12.4. The molecule has 0 aliphatic rings. The van der Waals surface area contributed by atoms with Gasteiger partial charge < -0.3 is 0 Å². The molecule has 2 aromatic carbocycles. The summed E-state index contributed by atoms with van der Waals surface area (Å²) in [7, 11) is 0. The minimum atomic E-state index is -0.747. The van der Waals surface area contributed by atoms with Crippen molar-refractivity contribution in [3.63, 3.8) is 0 Å². The largest absolute Gasteiger partial charge is 0.289 e. The van der Waals surface area contributed by atoms with Gasteiger partial charge in [-0.3, -0.25) is 4.79 Å². The standard InChI is InChI=1S/C15H12F2O/c1-2-10-3-5-11(6-4-10)15(18)12-7-13(16)9-14(17)8-12/h3-9H,2H2,1H3. The second-order valence-electron chi connectivity index (χ2n) is 4.04. The third kappa shape index (κ3) is 2.62. The Morgan fingerprint density at radius 3 is 2.00 bits per heavy atom. The summed E-state index contributed by atoms with van der Waals surface area (Å²) in [6.07, 6.45) is 0.878. The van der Waals surface area contributed by atoms with Gasteiger partial charge in [0.1, 0.15) is 11.6 Å². The number of hydrogen-bond acceptors (Lipinski definition) is 1. The number of rotatable bonds is 3. The van der Waals surface area contributed by atoms with Crippen molar-refractivity contribution >= 4 is 5.78 Å². The summed E-state index contributed by atoms with van der Waals surface area (Å²) in [6, 6.07) is 9.84. The van der Waals surface area contributed by atoms with Crippen LogP contribution in [0.3, 0.4) is 0 Å². The molecule has 0 unspecified atom stereocenters. The Morgan fingerprint density at radius 2 is 1.50 bits per heavy atom. The number of benzene rings is 2. The fourth-order valence-corrected chi connectivity index (χ4v) is 1.74. The van der Waals surface area contributed by atoms with Gasteiger partial charge in [-0.25, -0.2) is 8.78 Å². The van der Waals surface area contributed by atoms with Gasteiger partial charge in [-0.1, -0.05) is 31.2 Å². The van der Waals surface area contributed by atoms with E-state index in [0.29, 0.717) is 5.56 Å². The van der Waals surface area contributed by atoms with Crippen LogP contribution in [0.25, 0.3) is 0 Å². The second kappa shape index (κ2) is 5.08. The Morgan fingerprint density at radius 1 is 0.944 bits per heavy atom. The van der Waals surface area contributed by atoms with Crippen molar-refractivity contribution in [2.24, 2.45) is 0 Å². The zero-order valence-electron chi connectivity index (χ0n) is 9.91. The molecule has 0 amide bonds. The van der Waals surface area contributed by atoms with Crippen molar-refractivity contribution < 1.29 is 13.6 Å². The third-order valence-electron chi connectivity index (χ3n) is 2.75. The zero-order chi connectivity index (χ0) is 13.1. The van der Waals surface area contributed by atoms with Crippen molar-refractivity contribution in [2.75, 3.05) is 0 Å². The van der Waals surface area contributed by atoms with E-state index in [-0.39, 0.29) is 11.3 Å². The minimum absolute atomic E-state index is 0.0248. The van der Waals surface area contributed by atoms with E-state index in [0.717, 1.165) is 30.2 Å². The lowest BCUT2D eigenvalue weighted by Crippen LogP contribution is -2.02. The van der Waals surface area contributed by atoms with Gasteiger partial charge in [0.05, 0.1) is 0 Å². The SMILES string of the molecule is CCc1ccc(C(=O)c2cc(F)cc(F)c2)cc1. The highest BCUT2D eigenvalue weighted by Crippen LogP contribution is 2.14. The fraction of sp³-hybridized carbons (Fsp3) is 0.133. The molecular weight excluding hydrogens is 234 g/mol. The zero-order valence-corrected chi connectivity index (χ0v) is 9.91. The van der Waals surface area contributed by atoms with Gasteiger partial charge in [0.2, 0.25) is 0 Å². The van der Waals surface area contributed by atoms with E-state index in [2.05, 4.69) is 0 Å². The van der Waals surface area contributed by atoms with Gasteiger partial charge in [-0.2, -0.15) is 0 Å². The van der Waals surface area contributed by atoms with Gasteiger partial charge in [-0.05, 0) is 24.1 Å². The van der Waals surface area contributed by atoms with E-state index in [1.165, 1.54) is 0 Å². The molecule has 0 heterocycles. The van der Waals surface area contributed by atoms with Crippen molar-refractivity contribution in [3.8, 4) is 0 Å². The van der Waals surface area contributed by atoms with Crippen LogP contribution < -0.4 is 0 Å². The lowest BCUT2D eigenvalue weighted by atomic mass is 10.0. The quantitative estimate of drug-likeness (QED) is 0.754. The summed E-state index contributed by atoms with van der Waals surface area (Å²) in [5.41, 5.74) is 1.56. The normalized spacial score (nSPS) is 10.4. The van der Waals surface area contributed by atoms with Crippen LogP contribution in [0.2, 0.25) is 0 Å². The molecule has 18 heavy (non-hydrogen) atoms. The number of carbonyl (C=O) groups excluding carboxylic acids is 1. The Balaban J connectivity index is 2.34. The molecule has 0 saturated heterocycles. The Bertz CT molecular complexity index is 553. The third-order valence-corrected chi connectivity index (χ3v) is 2.75. The number of hydrogen-bond donors (Lipinski definition) is 0. The molecular formula is C15H12F2O. The number of ketones is 1. The molecule has 3 heteroatoms. The Labute approximate surface area is 104 Å². The molecule has 0 spiro atoms. The molecule has 0 N–H and O–H groups in total. The Kier molecular flexibility index (Phi) is 3.51. The first-order valence-corrected chi connectivity index (χ1v) is 5.70. The fourth-order valence-electron chi connectivity index (χ4n) is 1.74. The summed E-state index contributed by atoms with van der Waals surface area (Å²) in [5, 5.41) is 0. The lowest BCUT2D eigenvalue weighted by Gasteiger charge is -2.03. The summed E-state index contributed by atoms with van der Waals surface area (Å²) < 4.78 is 26.1. The van der Waals surface area contributed by atoms with Gasteiger partial charge in [-0.15, -0.1) is 0 Å². The van der Waals surface area contributed by atoms with Gasteiger partial charge in [0.15, 0.2) is 5.78 Å². The van der Waals surface area contributed by atoms with Crippen LogP contribution in [0.5, 0.6) is 0 Å². The second-order valence-corrected chi connectivity index (χ2v) is 4.04. The van der Waals surface area contributed by atoms with E-state index >= 15 is 0 Å². The van der Waals surface area contributed by atoms with E-state index in [9.17, 15) is 13.6 Å². The van der Waals surface area contributed by atoms with Gasteiger partial charge in [0.25, 0.3) is 0 Å². The molecule has 2 rings (SSSR count). The predicted molar refractivity (Wildman–Crippen MR) is 65.6 cm³/mol. The smallest absolute Gasteiger partial charge is 0.193 e. The highest BCUT2D eigenvalue weighted by molar-refractivity contribution is 6.08. The highest BCUT2D eigenvalue weighted by atomic mass is 19.1. The maximum absolute atomic E-state index is 13.0. The minimum Gasteiger partial charge on any atom is -0.289 e. The van der Waals surface area contributed by atoms with Crippen LogP contribution in [0.4, 0.5) is 8.78 Å². The molecule has 0 aliphatic carbocycles. The maximum Gasteiger partial charge on any atom is 0.193 e. The number of halogens is 2. The predicted octanol–water partition coefficient (Wildman–Crippen LogP) is 3.76. The topological polar surface area (TPSA) is 17.1 Å². The van der Waals surface area contributed by atoms with E-state index in [4.69, 9.17) is 0 Å². The van der Waals surface area contributed by atoms with Crippen molar-refractivity contribution in [1.82, 2.24) is 0 Å². The highest BCUT2D eigenvalue weighted by Gasteiger charge is 2.11. The Hall–Kier alpha value is -2.03. The van der Waals surface area contributed by atoms with Crippen LogP contribution in [0.1, 0.15) is 28.4 Å². The van der Waals surface area contributed by atoms with Crippen molar-refractivity contribution in [2.45, 2.75) is 13.3 Å². The van der Waals surface area contributed by atoms with Crippen LogP contribution in [-0.2, 0) is 6.42 Å².